The van der Waals surface area contributed by atoms with Crippen molar-refractivity contribution >= 4 is 11.8 Å². The SMILES string of the molecule is COC(=O)CCC1(C(=O)c2ccc(C)cc2)Cc2ccc(O)cc2O1. The van der Waals surface area contributed by atoms with Crippen molar-refractivity contribution in [3.8, 4) is 11.5 Å². The fourth-order valence-corrected chi connectivity index (χ4v) is 3.09. The van der Waals surface area contributed by atoms with Crippen LogP contribution < -0.4 is 4.74 Å². The van der Waals surface area contributed by atoms with E-state index in [1.807, 2.05) is 19.1 Å². The first kappa shape index (κ1) is 17.0. The molecule has 0 spiro atoms. The number of aryl methyl sites for hydroxylation is 1. The summed E-state index contributed by atoms with van der Waals surface area (Å²) in [4.78, 5) is 24.8. The summed E-state index contributed by atoms with van der Waals surface area (Å²) in [6.07, 6.45) is 0.641. The first-order valence-corrected chi connectivity index (χ1v) is 8.13. The number of fused-ring (bicyclic) bond motifs is 1. The lowest BCUT2D eigenvalue weighted by Crippen LogP contribution is -2.44. The van der Waals surface area contributed by atoms with Gasteiger partial charge in [-0.2, -0.15) is 0 Å². The minimum Gasteiger partial charge on any atom is -0.508 e. The van der Waals surface area contributed by atoms with Gasteiger partial charge in [0.15, 0.2) is 5.60 Å². The first-order valence-electron chi connectivity index (χ1n) is 8.13. The second-order valence-electron chi connectivity index (χ2n) is 6.34. The van der Waals surface area contributed by atoms with Gasteiger partial charge in [0.2, 0.25) is 5.78 Å². The fraction of sp³-hybridized carbons (Fsp3) is 0.300. The van der Waals surface area contributed by atoms with E-state index in [1.165, 1.54) is 13.2 Å². The maximum Gasteiger partial charge on any atom is 0.305 e. The zero-order valence-corrected chi connectivity index (χ0v) is 14.2. The molecule has 2 aromatic rings. The Labute approximate surface area is 146 Å². The van der Waals surface area contributed by atoms with Crippen LogP contribution in [-0.2, 0) is 16.0 Å². The second kappa shape index (κ2) is 6.59. The van der Waals surface area contributed by atoms with Crippen LogP contribution in [0.4, 0.5) is 0 Å². The number of carbonyl (C=O) groups is 2. The number of methoxy groups -OCH3 is 1. The van der Waals surface area contributed by atoms with Crippen LogP contribution in [0.15, 0.2) is 42.5 Å². The van der Waals surface area contributed by atoms with E-state index in [-0.39, 0.29) is 24.4 Å². The lowest BCUT2D eigenvalue weighted by molar-refractivity contribution is -0.141. The van der Waals surface area contributed by atoms with Gasteiger partial charge in [-0.25, -0.2) is 0 Å². The zero-order valence-electron chi connectivity index (χ0n) is 14.2. The Bertz CT molecular complexity index is 809. The molecule has 1 aliphatic heterocycles. The Morgan fingerprint density at radius 3 is 2.60 bits per heavy atom. The van der Waals surface area contributed by atoms with Crippen LogP contribution >= 0.6 is 0 Å². The number of benzene rings is 2. The Kier molecular flexibility index (Phi) is 4.49. The summed E-state index contributed by atoms with van der Waals surface area (Å²) in [6.45, 7) is 1.95. The molecule has 2 aromatic carbocycles. The lowest BCUT2D eigenvalue weighted by atomic mass is 9.84. The van der Waals surface area contributed by atoms with E-state index < -0.39 is 11.6 Å². The van der Waals surface area contributed by atoms with Crippen LogP contribution in [0, 0.1) is 6.92 Å². The van der Waals surface area contributed by atoms with Gasteiger partial charge in [-0.3, -0.25) is 9.59 Å². The van der Waals surface area contributed by atoms with E-state index in [0.29, 0.717) is 17.7 Å². The smallest absolute Gasteiger partial charge is 0.305 e. The van der Waals surface area contributed by atoms with Crippen molar-refractivity contribution in [3.05, 3.63) is 59.2 Å². The van der Waals surface area contributed by atoms with Crippen LogP contribution in [0.2, 0.25) is 0 Å². The van der Waals surface area contributed by atoms with Gasteiger partial charge >= 0.3 is 5.97 Å². The van der Waals surface area contributed by atoms with Gasteiger partial charge < -0.3 is 14.6 Å². The summed E-state index contributed by atoms with van der Waals surface area (Å²) >= 11 is 0. The van der Waals surface area contributed by atoms with Crippen LogP contribution in [0.25, 0.3) is 0 Å². The molecule has 5 nitrogen and oxygen atoms in total. The number of hydrogen-bond donors (Lipinski definition) is 1. The highest BCUT2D eigenvalue weighted by molar-refractivity contribution is 6.03. The van der Waals surface area contributed by atoms with E-state index in [4.69, 9.17) is 9.47 Å². The molecule has 0 amide bonds. The van der Waals surface area contributed by atoms with E-state index in [0.717, 1.165) is 11.1 Å². The predicted octanol–water partition coefficient (Wildman–Crippen LogP) is 3.21. The number of ketones is 1. The third-order valence-electron chi connectivity index (χ3n) is 4.52. The largest absolute Gasteiger partial charge is 0.508 e. The predicted molar refractivity (Wildman–Crippen MR) is 91.9 cm³/mol. The maximum absolute atomic E-state index is 13.2. The van der Waals surface area contributed by atoms with E-state index in [9.17, 15) is 14.7 Å². The maximum atomic E-state index is 13.2. The number of phenolic OH excluding ortho intramolecular Hbond substituents is 1. The monoisotopic (exact) mass is 340 g/mol. The molecular formula is C20H20O5. The fourth-order valence-electron chi connectivity index (χ4n) is 3.09. The molecule has 1 N–H and O–H groups in total. The number of rotatable bonds is 5. The molecule has 1 atom stereocenters. The Balaban J connectivity index is 1.94. The molecule has 5 heteroatoms. The molecule has 25 heavy (non-hydrogen) atoms. The van der Waals surface area contributed by atoms with Gasteiger partial charge in [0, 0.05) is 30.9 Å². The summed E-state index contributed by atoms with van der Waals surface area (Å²) in [5.41, 5.74) is 1.26. The van der Waals surface area contributed by atoms with Gasteiger partial charge in [-0.15, -0.1) is 0 Å². The molecule has 0 fully saturated rings. The van der Waals surface area contributed by atoms with Crippen molar-refractivity contribution in [3.63, 3.8) is 0 Å². The van der Waals surface area contributed by atoms with Gasteiger partial charge in [0.25, 0.3) is 0 Å². The lowest BCUT2D eigenvalue weighted by Gasteiger charge is -2.27. The highest BCUT2D eigenvalue weighted by atomic mass is 16.5. The average Bonchev–Trinajstić information content (AvgIpc) is 2.98. The number of ether oxygens (including phenoxy) is 2. The third kappa shape index (κ3) is 3.36. The van der Waals surface area contributed by atoms with Gasteiger partial charge in [0.1, 0.15) is 11.5 Å². The molecule has 1 heterocycles. The Hall–Kier alpha value is -2.82. The summed E-state index contributed by atoms with van der Waals surface area (Å²) in [5.74, 6) is -0.0128. The van der Waals surface area contributed by atoms with Crippen molar-refractivity contribution in [2.75, 3.05) is 7.11 Å². The number of esters is 1. The number of hydrogen-bond acceptors (Lipinski definition) is 5. The van der Waals surface area contributed by atoms with Crippen LogP contribution in [-0.4, -0.2) is 29.6 Å². The van der Waals surface area contributed by atoms with Crippen molar-refractivity contribution in [2.45, 2.75) is 31.8 Å². The molecule has 0 radical (unpaired) electrons. The zero-order chi connectivity index (χ0) is 18.0. The third-order valence-corrected chi connectivity index (χ3v) is 4.52. The number of carbonyl (C=O) groups excluding carboxylic acids is 2. The molecule has 1 aliphatic rings. The minimum absolute atomic E-state index is 0.0744. The number of Topliss-reactive ketones (excluding diaryl/α,β-unsaturated/α-hetero) is 1. The van der Waals surface area contributed by atoms with Crippen LogP contribution in [0.5, 0.6) is 11.5 Å². The first-order chi connectivity index (χ1) is 11.9. The highest BCUT2D eigenvalue weighted by Crippen LogP contribution is 2.41. The summed E-state index contributed by atoms with van der Waals surface area (Å²) in [6, 6.07) is 12.1. The Morgan fingerprint density at radius 1 is 1.20 bits per heavy atom. The van der Waals surface area contributed by atoms with E-state index in [1.54, 1.807) is 24.3 Å². The van der Waals surface area contributed by atoms with Gasteiger partial charge in [-0.05, 0) is 18.6 Å². The second-order valence-corrected chi connectivity index (χ2v) is 6.34. The Morgan fingerprint density at radius 2 is 1.92 bits per heavy atom. The molecule has 1 unspecified atom stereocenters. The summed E-state index contributed by atoms with van der Waals surface area (Å²) in [7, 11) is 1.32. The highest BCUT2D eigenvalue weighted by Gasteiger charge is 2.46. The topological polar surface area (TPSA) is 72.8 Å². The van der Waals surface area contributed by atoms with E-state index in [2.05, 4.69) is 0 Å². The number of aromatic hydroxyl groups is 1. The molecule has 0 aliphatic carbocycles. The normalized spacial score (nSPS) is 18.3. The van der Waals surface area contributed by atoms with Crippen molar-refractivity contribution < 1.29 is 24.2 Å². The van der Waals surface area contributed by atoms with Crippen molar-refractivity contribution in [2.24, 2.45) is 0 Å². The van der Waals surface area contributed by atoms with E-state index >= 15 is 0 Å². The molecule has 3 rings (SSSR count). The summed E-state index contributed by atoms with van der Waals surface area (Å²) in [5, 5.41) is 9.67. The standard InChI is InChI=1S/C20H20O5/c1-13-3-5-14(6-4-13)19(23)20(10-9-18(22)24-2)12-15-7-8-16(21)11-17(15)25-20/h3-8,11,21H,9-10,12H2,1-2H3. The minimum atomic E-state index is -1.17. The van der Waals surface area contributed by atoms with Gasteiger partial charge in [-0.1, -0.05) is 35.9 Å². The molecule has 0 saturated carbocycles. The van der Waals surface area contributed by atoms with Crippen LogP contribution in [0.3, 0.4) is 0 Å². The average molecular weight is 340 g/mol. The number of phenols is 1. The van der Waals surface area contributed by atoms with Crippen LogP contribution in [0.1, 0.15) is 34.3 Å². The molecule has 130 valence electrons. The molecule has 0 aromatic heterocycles. The molecule has 0 saturated heterocycles. The summed E-state index contributed by atoms with van der Waals surface area (Å²) < 4.78 is 10.7. The molecular weight excluding hydrogens is 320 g/mol. The quantitative estimate of drug-likeness (QED) is 0.668. The van der Waals surface area contributed by atoms with Gasteiger partial charge in [0.05, 0.1) is 7.11 Å². The molecule has 0 bridgehead atoms. The van der Waals surface area contributed by atoms with Crippen molar-refractivity contribution in [1.82, 2.24) is 0 Å². The van der Waals surface area contributed by atoms with Crippen molar-refractivity contribution in [1.29, 1.82) is 0 Å².